The van der Waals surface area contributed by atoms with Crippen molar-refractivity contribution in [3.05, 3.63) is 27.1 Å². The molecule has 90 valence electrons. The van der Waals surface area contributed by atoms with Gasteiger partial charge in [0.05, 0.1) is 16.7 Å². The Kier molecular flexibility index (Phi) is 2.97. The van der Waals surface area contributed by atoms with Gasteiger partial charge >= 0.3 is 12.1 Å². The van der Waals surface area contributed by atoms with Crippen LogP contribution < -0.4 is 11.0 Å². The van der Waals surface area contributed by atoms with Gasteiger partial charge in [-0.2, -0.15) is 8.78 Å². The summed E-state index contributed by atoms with van der Waals surface area (Å²) in [7, 11) is 0. The third kappa shape index (κ3) is 2.36. The van der Waals surface area contributed by atoms with Crippen LogP contribution in [0, 0.1) is 0 Å². The average molecular weight is 306 g/mol. The summed E-state index contributed by atoms with van der Waals surface area (Å²) in [4.78, 5) is 26.8. The maximum Gasteiger partial charge on any atom is 0.323 e. The lowest BCUT2D eigenvalue weighted by Crippen LogP contribution is -2.20. The fourth-order valence-corrected chi connectivity index (χ4v) is 1.78. The smallest absolute Gasteiger partial charge is 0.320 e. The van der Waals surface area contributed by atoms with Crippen molar-refractivity contribution in [3.8, 4) is 0 Å². The lowest BCUT2D eigenvalue weighted by molar-refractivity contribution is -0.126. The number of alkyl halides is 2. The Morgan fingerprint density at radius 3 is 2.47 bits per heavy atom. The Morgan fingerprint density at radius 2 is 1.88 bits per heavy atom. The lowest BCUT2D eigenvalue weighted by atomic mass is 10.2. The monoisotopic (exact) mass is 305 g/mol. The zero-order chi connectivity index (χ0) is 12.6. The van der Waals surface area contributed by atoms with Crippen molar-refractivity contribution in [2.45, 2.75) is 6.43 Å². The minimum Gasteiger partial charge on any atom is -0.320 e. The highest BCUT2D eigenvalue weighted by atomic mass is 79.9. The Labute approximate surface area is 101 Å². The molecule has 0 unspecified atom stereocenters. The maximum atomic E-state index is 12.1. The molecule has 1 heterocycles. The number of hydrogen-bond acceptors (Lipinski definition) is 2. The normalized spacial score (nSPS) is 11.1. The van der Waals surface area contributed by atoms with Gasteiger partial charge in [-0.1, -0.05) is 0 Å². The predicted molar refractivity (Wildman–Crippen MR) is 61.3 cm³/mol. The van der Waals surface area contributed by atoms with E-state index in [9.17, 15) is 18.4 Å². The van der Waals surface area contributed by atoms with Crippen LogP contribution >= 0.6 is 15.9 Å². The number of carbonyl (C=O) groups is 1. The van der Waals surface area contributed by atoms with Crippen molar-refractivity contribution in [1.82, 2.24) is 9.97 Å². The molecule has 1 amide bonds. The highest BCUT2D eigenvalue weighted by molar-refractivity contribution is 9.10. The van der Waals surface area contributed by atoms with Crippen LogP contribution in [0.5, 0.6) is 0 Å². The highest BCUT2D eigenvalue weighted by Crippen LogP contribution is 2.26. The van der Waals surface area contributed by atoms with E-state index >= 15 is 0 Å². The molecule has 17 heavy (non-hydrogen) atoms. The number of fused-ring (bicyclic) bond motifs is 1. The third-order valence-electron chi connectivity index (χ3n) is 2.06. The minimum atomic E-state index is -3.09. The Hall–Kier alpha value is -1.70. The number of rotatable bonds is 2. The van der Waals surface area contributed by atoms with E-state index in [0.717, 1.165) is 0 Å². The first kappa shape index (κ1) is 11.8. The van der Waals surface area contributed by atoms with Gasteiger partial charge in [-0.25, -0.2) is 4.79 Å². The van der Waals surface area contributed by atoms with Crippen LogP contribution in [-0.2, 0) is 4.79 Å². The summed E-state index contributed by atoms with van der Waals surface area (Å²) < 4.78 is 24.5. The Bertz CT molecular complexity index is 635. The van der Waals surface area contributed by atoms with Crippen molar-refractivity contribution in [1.29, 1.82) is 0 Å². The molecule has 2 rings (SSSR count). The van der Waals surface area contributed by atoms with E-state index in [4.69, 9.17) is 0 Å². The van der Waals surface area contributed by atoms with E-state index in [-0.39, 0.29) is 5.69 Å². The van der Waals surface area contributed by atoms with Crippen molar-refractivity contribution >= 4 is 38.6 Å². The molecule has 0 aliphatic carbocycles. The zero-order valence-corrected chi connectivity index (χ0v) is 9.77. The summed E-state index contributed by atoms with van der Waals surface area (Å²) >= 11 is 3.11. The molecule has 0 radical (unpaired) electrons. The first-order chi connectivity index (χ1) is 7.97. The average Bonchev–Trinajstić information content (AvgIpc) is 2.57. The van der Waals surface area contributed by atoms with Gasteiger partial charge in [-0.05, 0) is 28.1 Å². The Balaban J connectivity index is 2.43. The van der Waals surface area contributed by atoms with Gasteiger partial charge in [0.25, 0.3) is 5.91 Å². The van der Waals surface area contributed by atoms with E-state index in [1.807, 2.05) is 5.32 Å². The molecule has 2 aromatic rings. The van der Waals surface area contributed by atoms with Crippen LogP contribution in [0.1, 0.15) is 0 Å². The van der Waals surface area contributed by atoms with Crippen molar-refractivity contribution in [3.63, 3.8) is 0 Å². The topological polar surface area (TPSA) is 77.8 Å². The number of nitrogens with one attached hydrogen (secondary N) is 3. The summed E-state index contributed by atoms with van der Waals surface area (Å²) in [6.45, 7) is 0. The number of H-pyrrole nitrogens is 2. The minimum absolute atomic E-state index is 0.165. The number of amides is 1. The van der Waals surface area contributed by atoms with Crippen molar-refractivity contribution in [2.75, 3.05) is 5.32 Å². The number of benzene rings is 1. The number of aromatic nitrogens is 2. The quantitative estimate of drug-likeness (QED) is 0.791. The van der Waals surface area contributed by atoms with Crippen LogP contribution in [0.3, 0.4) is 0 Å². The van der Waals surface area contributed by atoms with Crippen molar-refractivity contribution in [2.24, 2.45) is 0 Å². The molecule has 8 heteroatoms. The first-order valence-corrected chi connectivity index (χ1v) is 5.27. The van der Waals surface area contributed by atoms with Crippen LogP contribution in [0.15, 0.2) is 21.4 Å². The van der Waals surface area contributed by atoms with Crippen LogP contribution in [0.25, 0.3) is 11.0 Å². The SMILES string of the molecule is O=C(Nc1cc2[nH]c(=O)[nH]c2cc1Br)C(F)F. The van der Waals surface area contributed by atoms with E-state index in [0.29, 0.717) is 15.5 Å². The Morgan fingerprint density at radius 1 is 1.29 bits per heavy atom. The van der Waals surface area contributed by atoms with Crippen LogP contribution in [0.4, 0.5) is 14.5 Å². The van der Waals surface area contributed by atoms with Gasteiger partial charge in [0.2, 0.25) is 0 Å². The van der Waals surface area contributed by atoms with Gasteiger partial charge in [-0.15, -0.1) is 0 Å². The fourth-order valence-electron chi connectivity index (χ4n) is 1.34. The van der Waals surface area contributed by atoms with Crippen LogP contribution in [-0.4, -0.2) is 22.3 Å². The van der Waals surface area contributed by atoms with Crippen molar-refractivity contribution < 1.29 is 13.6 Å². The second kappa shape index (κ2) is 4.28. The van der Waals surface area contributed by atoms with Gasteiger partial charge < -0.3 is 15.3 Å². The molecule has 0 fully saturated rings. The number of hydrogen-bond donors (Lipinski definition) is 3. The van der Waals surface area contributed by atoms with Gasteiger partial charge in [-0.3, -0.25) is 4.79 Å². The molecule has 0 atom stereocenters. The standard InChI is InChI=1S/C9H6BrF2N3O2/c10-3-1-5-6(15-9(17)14-5)2-4(3)13-8(16)7(11)12/h1-2,7H,(H,13,16)(H2,14,15,17). The number of imidazole rings is 1. The molecule has 1 aromatic carbocycles. The second-order valence-corrected chi connectivity index (χ2v) is 4.10. The molecule has 0 aliphatic heterocycles. The lowest BCUT2D eigenvalue weighted by Gasteiger charge is -2.06. The fraction of sp³-hybridized carbons (Fsp3) is 0.111. The van der Waals surface area contributed by atoms with Gasteiger partial charge in [0.1, 0.15) is 0 Å². The molecular weight excluding hydrogens is 300 g/mol. The maximum absolute atomic E-state index is 12.1. The predicted octanol–water partition coefficient (Wildman–Crippen LogP) is 1.82. The number of aromatic amines is 2. The molecule has 0 saturated carbocycles. The van der Waals surface area contributed by atoms with E-state index < -0.39 is 18.0 Å². The molecular formula is C9H6BrF2N3O2. The molecule has 1 aromatic heterocycles. The first-order valence-electron chi connectivity index (χ1n) is 4.48. The van der Waals surface area contributed by atoms with E-state index in [1.54, 1.807) is 0 Å². The summed E-state index contributed by atoms with van der Waals surface area (Å²) in [6, 6.07) is 2.89. The third-order valence-corrected chi connectivity index (χ3v) is 2.72. The molecule has 0 saturated heterocycles. The number of carbonyl (C=O) groups excluding carboxylic acids is 1. The summed E-state index contributed by atoms with van der Waals surface area (Å²) in [5.74, 6) is -1.40. The van der Waals surface area contributed by atoms with Gasteiger partial charge in [0.15, 0.2) is 0 Å². The zero-order valence-electron chi connectivity index (χ0n) is 8.18. The van der Waals surface area contributed by atoms with E-state index in [1.165, 1.54) is 12.1 Å². The number of anilines is 1. The summed E-state index contributed by atoms with van der Waals surface area (Å²) in [5.41, 5.74) is 0.682. The highest BCUT2D eigenvalue weighted by Gasteiger charge is 2.16. The summed E-state index contributed by atoms with van der Waals surface area (Å²) in [6.07, 6.45) is -3.09. The van der Waals surface area contributed by atoms with Gasteiger partial charge in [0, 0.05) is 4.47 Å². The van der Waals surface area contributed by atoms with E-state index in [2.05, 4.69) is 25.9 Å². The van der Waals surface area contributed by atoms with Crippen LogP contribution in [0.2, 0.25) is 0 Å². The number of halogens is 3. The molecule has 0 aliphatic rings. The molecule has 3 N–H and O–H groups in total. The molecule has 0 spiro atoms. The largest absolute Gasteiger partial charge is 0.323 e. The second-order valence-electron chi connectivity index (χ2n) is 3.25. The molecule has 5 nitrogen and oxygen atoms in total. The summed E-state index contributed by atoms with van der Waals surface area (Å²) in [5, 5.41) is 2.04. The molecule has 0 bridgehead atoms.